The van der Waals surface area contributed by atoms with Crippen molar-refractivity contribution in [1.29, 1.82) is 0 Å². The fourth-order valence-corrected chi connectivity index (χ4v) is 3.30. The van der Waals surface area contributed by atoms with Crippen LogP contribution >= 0.6 is 0 Å². The predicted molar refractivity (Wildman–Crippen MR) is 91.7 cm³/mol. The summed E-state index contributed by atoms with van der Waals surface area (Å²) >= 11 is 0. The molecular formula is C18H23N3O3. The van der Waals surface area contributed by atoms with Crippen LogP contribution in [0.1, 0.15) is 39.0 Å². The second kappa shape index (κ2) is 7.03. The normalized spacial score (nSPS) is 19.5. The van der Waals surface area contributed by atoms with Gasteiger partial charge in [0.05, 0.1) is 0 Å². The van der Waals surface area contributed by atoms with Gasteiger partial charge in [0, 0.05) is 37.3 Å². The van der Waals surface area contributed by atoms with Gasteiger partial charge in [0.1, 0.15) is 6.04 Å². The molecule has 1 atom stereocenters. The average Bonchev–Trinajstić information content (AvgIpc) is 2.94. The fraction of sp³-hybridized carbons (Fsp3) is 0.500. The second-order valence-electron chi connectivity index (χ2n) is 6.42. The maximum atomic E-state index is 12.3. The van der Waals surface area contributed by atoms with E-state index in [1.54, 1.807) is 6.92 Å². The maximum absolute atomic E-state index is 12.3. The van der Waals surface area contributed by atoms with Crippen LogP contribution in [-0.4, -0.2) is 41.8 Å². The highest BCUT2D eigenvalue weighted by Crippen LogP contribution is 2.22. The monoisotopic (exact) mass is 329 g/mol. The number of anilines is 2. The molecule has 6 heteroatoms. The average molecular weight is 329 g/mol. The Morgan fingerprint density at radius 2 is 1.58 bits per heavy atom. The fourth-order valence-electron chi connectivity index (χ4n) is 3.30. The number of amides is 3. The number of carbonyl (C=O) groups excluding carboxylic acids is 3. The summed E-state index contributed by atoms with van der Waals surface area (Å²) in [4.78, 5) is 39.2. The Morgan fingerprint density at radius 3 is 2.17 bits per heavy atom. The van der Waals surface area contributed by atoms with E-state index in [1.165, 1.54) is 19.3 Å². The van der Waals surface area contributed by atoms with Gasteiger partial charge < -0.3 is 10.2 Å². The second-order valence-corrected chi connectivity index (χ2v) is 6.42. The van der Waals surface area contributed by atoms with Gasteiger partial charge in [0.15, 0.2) is 0 Å². The Bertz CT molecular complexity index is 619. The number of likely N-dealkylation sites (tertiary alicyclic amines) is 1. The van der Waals surface area contributed by atoms with Crippen molar-refractivity contribution < 1.29 is 14.4 Å². The van der Waals surface area contributed by atoms with Gasteiger partial charge in [0.25, 0.3) is 0 Å². The zero-order valence-corrected chi connectivity index (χ0v) is 14.0. The zero-order chi connectivity index (χ0) is 17.1. The molecule has 6 nitrogen and oxygen atoms in total. The first-order valence-corrected chi connectivity index (χ1v) is 8.57. The molecule has 0 radical (unpaired) electrons. The van der Waals surface area contributed by atoms with E-state index in [-0.39, 0.29) is 30.6 Å². The minimum Gasteiger partial charge on any atom is -0.372 e. The van der Waals surface area contributed by atoms with Crippen molar-refractivity contribution in [3.63, 3.8) is 0 Å². The van der Waals surface area contributed by atoms with E-state index in [1.807, 2.05) is 24.3 Å². The van der Waals surface area contributed by atoms with Crippen LogP contribution in [0, 0.1) is 0 Å². The van der Waals surface area contributed by atoms with E-state index in [0.29, 0.717) is 5.69 Å². The van der Waals surface area contributed by atoms with Gasteiger partial charge in [-0.15, -0.1) is 0 Å². The quantitative estimate of drug-likeness (QED) is 0.860. The first-order chi connectivity index (χ1) is 11.6. The number of imide groups is 1. The molecule has 0 aliphatic carbocycles. The van der Waals surface area contributed by atoms with E-state index in [2.05, 4.69) is 10.2 Å². The molecule has 1 unspecified atom stereocenters. The lowest BCUT2D eigenvalue weighted by atomic mass is 10.1. The van der Waals surface area contributed by atoms with Crippen LogP contribution in [-0.2, 0) is 14.4 Å². The third-order valence-electron chi connectivity index (χ3n) is 4.71. The summed E-state index contributed by atoms with van der Waals surface area (Å²) in [6.07, 6.45) is 4.11. The molecule has 0 aromatic heterocycles. The zero-order valence-electron chi connectivity index (χ0n) is 14.0. The third-order valence-corrected chi connectivity index (χ3v) is 4.71. The largest absolute Gasteiger partial charge is 0.372 e. The highest BCUT2D eigenvalue weighted by molar-refractivity contribution is 6.07. The first kappa shape index (κ1) is 16.5. The third kappa shape index (κ3) is 3.42. The Kier molecular flexibility index (Phi) is 4.83. The molecule has 2 aliphatic rings. The molecule has 2 fully saturated rings. The van der Waals surface area contributed by atoms with Gasteiger partial charge >= 0.3 is 0 Å². The van der Waals surface area contributed by atoms with Gasteiger partial charge in [-0.2, -0.15) is 0 Å². The van der Waals surface area contributed by atoms with Crippen molar-refractivity contribution >= 4 is 29.1 Å². The van der Waals surface area contributed by atoms with Gasteiger partial charge in [0.2, 0.25) is 17.7 Å². The van der Waals surface area contributed by atoms with Gasteiger partial charge in [-0.25, -0.2) is 0 Å². The highest BCUT2D eigenvalue weighted by Gasteiger charge is 2.36. The number of hydrogen-bond acceptors (Lipinski definition) is 4. The van der Waals surface area contributed by atoms with E-state index in [0.717, 1.165) is 23.7 Å². The summed E-state index contributed by atoms with van der Waals surface area (Å²) in [5.74, 6) is -0.893. The Hall–Kier alpha value is -2.37. The minimum atomic E-state index is -0.783. The lowest BCUT2D eigenvalue weighted by Crippen LogP contribution is -2.44. The highest BCUT2D eigenvalue weighted by atomic mass is 16.2. The molecule has 3 rings (SSSR count). The molecule has 1 N–H and O–H groups in total. The van der Waals surface area contributed by atoms with Gasteiger partial charge in [-0.1, -0.05) is 0 Å². The van der Waals surface area contributed by atoms with Crippen LogP contribution in [0.25, 0.3) is 0 Å². The molecule has 2 aliphatic heterocycles. The molecule has 2 heterocycles. The van der Waals surface area contributed by atoms with Crippen molar-refractivity contribution in [3.05, 3.63) is 24.3 Å². The van der Waals surface area contributed by atoms with Gasteiger partial charge in [-0.3, -0.25) is 19.3 Å². The van der Waals surface area contributed by atoms with Crippen LogP contribution in [0.4, 0.5) is 11.4 Å². The summed E-state index contributed by atoms with van der Waals surface area (Å²) in [6, 6.07) is 6.94. The van der Waals surface area contributed by atoms with E-state index < -0.39 is 6.04 Å². The van der Waals surface area contributed by atoms with E-state index in [4.69, 9.17) is 0 Å². The van der Waals surface area contributed by atoms with Crippen molar-refractivity contribution in [3.8, 4) is 0 Å². The van der Waals surface area contributed by atoms with Crippen molar-refractivity contribution in [2.75, 3.05) is 23.3 Å². The smallest absolute Gasteiger partial charge is 0.247 e. The van der Waals surface area contributed by atoms with Crippen LogP contribution < -0.4 is 10.2 Å². The number of rotatable bonds is 4. The summed E-state index contributed by atoms with van der Waals surface area (Å²) in [5, 5.41) is 2.79. The predicted octanol–water partition coefficient (Wildman–Crippen LogP) is 2.15. The summed E-state index contributed by atoms with van der Waals surface area (Å²) < 4.78 is 0. The summed E-state index contributed by atoms with van der Waals surface area (Å²) in [7, 11) is 0. The molecule has 128 valence electrons. The van der Waals surface area contributed by atoms with Gasteiger partial charge in [-0.05, 0) is 50.5 Å². The minimum absolute atomic E-state index is 0.195. The number of benzene rings is 1. The number of nitrogens with one attached hydrogen (secondary N) is 1. The topological polar surface area (TPSA) is 69.7 Å². The van der Waals surface area contributed by atoms with Crippen LogP contribution in [0.15, 0.2) is 24.3 Å². The lowest BCUT2D eigenvalue weighted by Gasteiger charge is -2.29. The van der Waals surface area contributed by atoms with Crippen molar-refractivity contribution in [1.82, 2.24) is 4.90 Å². The maximum Gasteiger partial charge on any atom is 0.247 e. The number of piperidine rings is 1. The first-order valence-electron chi connectivity index (χ1n) is 8.57. The van der Waals surface area contributed by atoms with Crippen molar-refractivity contribution in [2.45, 2.75) is 45.1 Å². The molecule has 1 aromatic carbocycles. The molecule has 1 aromatic rings. The van der Waals surface area contributed by atoms with E-state index in [9.17, 15) is 14.4 Å². The Morgan fingerprint density at radius 1 is 1.00 bits per heavy atom. The number of carbonyl (C=O) groups is 3. The molecule has 0 bridgehead atoms. The standard InChI is InChI=1S/C18H23N3O3/c1-13(21-16(22)9-10-17(21)23)18(24)19-14-5-7-15(8-6-14)20-11-3-2-4-12-20/h5-8,13H,2-4,9-12H2,1H3,(H,19,24). The Labute approximate surface area is 141 Å². The van der Waals surface area contributed by atoms with E-state index >= 15 is 0 Å². The van der Waals surface area contributed by atoms with Crippen LogP contribution in [0.5, 0.6) is 0 Å². The number of hydrogen-bond donors (Lipinski definition) is 1. The molecule has 0 spiro atoms. The number of nitrogens with zero attached hydrogens (tertiary/aromatic N) is 2. The molecule has 0 saturated carbocycles. The lowest BCUT2D eigenvalue weighted by molar-refractivity contribution is -0.144. The molecule has 3 amide bonds. The molecule has 24 heavy (non-hydrogen) atoms. The SMILES string of the molecule is CC(C(=O)Nc1ccc(N2CCCCC2)cc1)N1C(=O)CCC1=O. The van der Waals surface area contributed by atoms with Crippen molar-refractivity contribution in [2.24, 2.45) is 0 Å². The Balaban J connectivity index is 1.61. The molecule has 2 saturated heterocycles. The summed E-state index contributed by atoms with van der Waals surface area (Å²) in [5.41, 5.74) is 1.83. The molecular weight excluding hydrogens is 306 g/mol. The van der Waals surface area contributed by atoms with Crippen LogP contribution in [0.3, 0.4) is 0 Å². The van der Waals surface area contributed by atoms with Crippen LogP contribution in [0.2, 0.25) is 0 Å². The summed E-state index contributed by atoms with van der Waals surface area (Å²) in [6.45, 7) is 3.72.